The molecule has 0 spiro atoms. The van der Waals surface area contributed by atoms with Crippen LogP contribution in [-0.2, 0) is 16.1 Å². The molecule has 12 heteroatoms. The SMILES string of the molecule is Cc1ncc(-c2ccc3c(c2)c(C(C)O)nn3CC(=O)N2CC(F)CC2C(=O)Nc2cccc(Br)n2)cn1. The molecular weight excluding hydrogens is 557 g/mol. The van der Waals surface area contributed by atoms with E-state index in [4.69, 9.17) is 0 Å². The predicted octanol–water partition coefficient (Wildman–Crippen LogP) is 3.59. The van der Waals surface area contributed by atoms with Gasteiger partial charge >= 0.3 is 0 Å². The number of fused-ring (bicyclic) bond motifs is 1. The number of alkyl halides is 1. The van der Waals surface area contributed by atoms with Crippen molar-refractivity contribution in [3.63, 3.8) is 0 Å². The van der Waals surface area contributed by atoms with Crippen LogP contribution in [-0.4, -0.2) is 65.3 Å². The molecule has 1 aromatic carbocycles. The van der Waals surface area contributed by atoms with Gasteiger partial charge in [-0.2, -0.15) is 5.10 Å². The molecule has 4 heterocycles. The van der Waals surface area contributed by atoms with Gasteiger partial charge < -0.3 is 15.3 Å². The number of carbonyl (C=O) groups is 2. The molecule has 10 nitrogen and oxygen atoms in total. The van der Waals surface area contributed by atoms with Crippen molar-refractivity contribution < 1.29 is 19.1 Å². The van der Waals surface area contributed by atoms with Crippen molar-refractivity contribution in [3.05, 3.63) is 64.9 Å². The summed E-state index contributed by atoms with van der Waals surface area (Å²) in [6.45, 7) is 2.99. The molecule has 2 amide bonds. The number of anilines is 1. The summed E-state index contributed by atoms with van der Waals surface area (Å²) in [6, 6.07) is 9.59. The Morgan fingerprint density at radius 1 is 1.21 bits per heavy atom. The van der Waals surface area contributed by atoms with E-state index in [9.17, 15) is 19.1 Å². The zero-order chi connectivity index (χ0) is 27.0. The Hall–Kier alpha value is -3.77. The van der Waals surface area contributed by atoms with Gasteiger partial charge in [0.25, 0.3) is 0 Å². The van der Waals surface area contributed by atoms with Crippen LogP contribution in [0.1, 0.15) is 31.0 Å². The molecule has 1 fully saturated rings. The molecular formula is C26H25BrFN7O3. The number of benzene rings is 1. The number of aryl methyl sites for hydroxylation is 1. The first-order chi connectivity index (χ1) is 18.2. The van der Waals surface area contributed by atoms with Crippen molar-refractivity contribution in [3.8, 4) is 11.1 Å². The molecule has 196 valence electrons. The fraction of sp³-hybridized carbons (Fsp3) is 0.308. The number of hydrogen-bond donors (Lipinski definition) is 2. The minimum Gasteiger partial charge on any atom is -0.387 e. The molecule has 1 aliphatic heterocycles. The average Bonchev–Trinajstić information content (AvgIpc) is 3.45. The Morgan fingerprint density at radius 3 is 2.68 bits per heavy atom. The van der Waals surface area contributed by atoms with E-state index < -0.39 is 30.1 Å². The Balaban J connectivity index is 1.40. The van der Waals surface area contributed by atoms with E-state index in [1.54, 1.807) is 44.4 Å². The number of nitrogens with zero attached hydrogens (tertiary/aromatic N) is 6. The molecule has 2 N–H and O–H groups in total. The standard InChI is InChI=1S/C26H25BrFN7O3/c1-14(36)25-19-8-16(17-10-29-15(2)30-11-17)6-7-20(19)35(33-25)13-24(37)34-12-18(28)9-21(34)26(38)32-23-5-3-4-22(27)31-23/h3-8,10-11,14,18,21,36H,9,12-13H2,1-2H3,(H,31,32,38). The van der Waals surface area contributed by atoms with Gasteiger partial charge in [-0.3, -0.25) is 14.3 Å². The number of amides is 2. The minimum atomic E-state index is -1.33. The number of hydrogen-bond acceptors (Lipinski definition) is 7. The monoisotopic (exact) mass is 581 g/mol. The van der Waals surface area contributed by atoms with E-state index in [0.717, 1.165) is 11.1 Å². The van der Waals surface area contributed by atoms with E-state index >= 15 is 0 Å². The number of likely N-dealkylation sites (tertiary alicyclic amines) is 1. The largest absolute Gasteiger partial charge is 0.387 e. The highest BCUT2D eigenvalue weighted by Gasteiger charge is 2.40. The Bertz CT molecular complexity index is 1510. The van der Waals surface area contributed by atoms with Gasteiger partial charge in [0.1, 0.15) is 35.0 Å². The fourth-order valence-electron chi connectivity index (χ4n) is 4.57. The quantitative estimate of drug-likeness (QED) is 0.333. The number of aromatic nitrogens is 5. The van der Waals surface area contributed by atoms with E-state index in [1.165, 1.54) is 9.58 Å². The van der Waals surface area contributed by atoms with Crippen LogP contribution in [0.3, 0.4) is 0 Å². The van der Waals surface area contributed by atoms with E-state index in [-0.39, 0.29) is 19.5 Å². The van der Waals surface area contributed by atoms with Gasteiger partial charge in [0, 0.05) is 29.8 Å². The highest BCUT2D eigenvalue weighted by atomic mass is 79.9. The number of aliphatic hydroxyl groups is 1. The summed E-state index contributed by atoms with van der Waals surface area (Å²) in [4.78, 5) is 40.2. The normalized spacial score (nSPS) is 18.1. The second kappa shape index (κ2) is 10.5. The van der Waals surface area contributed by atoms with Gasteiger partial charge in [0.2, 0.25) is 11.8 Å². The molecule has 0 aliphatic carbocycles. The number of pyridine rings is 1. The minimum absolute atomic E-state index is 0.105. The number of nitrogens with one attached hydrogen (secondary N) is 1. The predicted molar refractivity (Wildman–Crippen MR) is 142 cm³/mol. The van der Waals surface area contributed by atoms with Crippen LogP contribution in [0, 0.1) is 6.92 Å². The Kier molecular flexibility index (Phi) is 7.17. The van der Waals surface area contributed by atoms with Crippen molar-refractivity contribution in [2.45, 2.75) is 45.1 Å². The number of carbonyl (C=O) groups excluding carboxylic acids is 2. The topological polar surface area (TPSA) is 126 Å². The van der Waals surface area contributed by atoms with Crippen molar-refractivity contribution >= 4 is 44.5 Å². The lowest BCUT2D eigenvalue weighted by molar-refractivity contribution is -0.137. The molecule has 0 saturated carbocycles. The van der Waals surface area contributed by atoms with Crippen LogP contribution in [0.25, 0.3) is 22.0 Å². The average molecular weight is 582 g/mol. The molecule has 5 rings (SSSR count). The maximum Gasteiger partial charge on any atom is 0.248 e. The van der Waals surface area contributed by atoms with E-state index in [2.05, 4.69) is 41.3 Å². The van der Waals surface area contributed by atoms with Gasteiger partial charge in [0.05, 0.1) is 23.9 Å². The molecule has 3 aromatic heterocycles. The molecule has 38 heavy (non-hydrogen) atoms. The summed E-state index contributed by atoms with van der Waals surface area (Å²) in [5.41, 5.74) is 2.67. The van der Waals surface area contributed by atoms with Crippen LogP contribution in [0.15, 0.2) is 53.4 Å². The number of rotatable bonds is 6. The second-order valence-electron chi connectivity index (χ2n) is 9.20. The van der Waals surface area contributed by atoms with Crippen LogP contribution >= 0.6 is 15.9 Å². The maximum absolute atomic E-state index is 14.4. The Morgan fingerprint density at radius 2 is 1.97 bits per heavy atom. The summed E-state index contributed by atoms with van der Waals surface area (Å²) in [7, 11) is 0. The number of halogens is 2. The van der Waals surface area contributed by atoms with Gasteiger partial charge in [0.15, 0.2) is 0 Å². The summed E-state index contributed by atoms with van der Waals surface area (Å²) in [6.07, 6.45) is 1.11. The first kappa shape index (κ1) is 25.9. The van der Waals surface area contributed by atoms with Crippen LogP contribution in [0.5, 0.6) is 0 Å². The summed E-state index contributed by atoms with van der Waals surface area (Å²) < 4.78 is 16.4. The fourth-order valence-corrected chi connectivity index (χ4v) is 4.91. The van der Waals surface area contributed by atoms with Gasteiger partial charge in [-0.25, -0.2) is 19.3 Å². The summed E-state index contributed by atoms with van der Waals surface area (Å²) in [5, 5.41) is 18.2. The number of aliphatic hydroxyl groups excluding tert-OH is 1. The Labute approximate surface area is 226 Å². The third-order valence-corrected chi connectivity index (χ3v) is 6.86. The summed E-state index contributed by atoms with van der Waals surface area (Å²) >= 11 is 3.25. The molecule has 0 radical (unpaired) electrons. The van der Waals surface area contributed by atoms with Crippen LogP contribution in [0.2, 0.25) is 0 Å². The third kappa shape index (κ3) is 5.27. The summed E-state index contributed by atoms with van der Waals surface area (Å²) in [5.74, 6) is -0.00855. The second-order valence-corrected chi connectivity index (χ2v) is 10.0. The van der Waals surface area contributed by atoms with Gasteiger partial charge in [-0.1, -0.05) is 12.1 Å². The van der Waals surface area contributed by atoms with E-state index in [0.29, 0.717) is 32.8 Å². The smallest absolute Gasteiger partial charge is 0.248 e. The highest BCUT2D eigenvalue weighted by molar-refractivity contribution is 9.10. The van der Waals surface area contributed by atoms with Crippen molar-refractivity contribution in [2.75, 3.05) is 11.9 Å². The van der Waals surface area contributed by atoms with E-state index in [1.807, 2.05) is 18.2 Å². The zero-order valence-electron chi connectivity index (χ0n) is 20.7. The lowest BCUT2D eigenvalue weighted by atomic mass is 10.0. The molecule has 1 aliphatic rings. The first-order valence-corrected chi connectivity index (χ1v) is 12.8. The molecule has 3 atom stereocenters. The van der Waals surface area contributed by atoms with Crippen LogP contribution < -0.4 is 5.32 Å². The lowest BCUT2D eigenvalue weighted by Gasteiger charge is -2.23. The van der Waals surface area contributed by atoms with Crippen molar-refractivity contribution in [1.82, 2.24) is 29.6 Å². The third-order valence-electron chi connectivity index (χ3n) is 6.41. The molecule has 3 unspecified atom stereocenters. The maximum atomic E-state index is 14.4. The zero-order valence-corrected chi connectivity index (χ0v) is 22.3. The van der Waals surface area contributed by atoms with Gasteiger partial charge in [-0.15, -0.1) is 0 Å². The molecule has 1 saturated heterocycles. The molecule has 0 bridgehead atoms. The lowest BCUT2D eigenvalue weighted by Crippen LogP contribution is -2.44. The van der Waals surface area contributed by atoms with Crippen LogP contribution in [0.4, 0.5) is 10.2 Å². The molecule has 4 aromatic rings. The first-order valence-electron chi connectivity index (χ1n) is 12.0. The van der Waals surface area contributed by atoms with Gasteiger partial charge in [-0.05, 0) is 59.6 Å². The van der Waals surface area contributed by atoms with Crippen molar-refractivity contribution in [2.24, 2.45) is 0 Å². The van der Waals surface area contributed by atoms with Crippen molar-refractivity contribution in [1.29, 1.82) is 0 Å². The highest BCUT2D eigenvalue weighted by Crippen LogP contribution is 2.30.